The highest BCUT2D eigenvalue weighted by molar-refractivity contribution is 5.13. The van der Waals surface area contributed by atoms with Crippen LogP contribution in [0.4, 0.5) is 0 Å². The Morgan fingerprint density at radius 2 is 1.85 bits per heavy atom. The van der Waals surface area contributed by atoms with Crippen molar-refractivity contribution in [2.75, 3.05) is 6.61 Å². The summed E-state index contributed by atoms with van der Waals surface area (Å²) in [5.74, 6) is 0. The molecule has 0 spiro atoms. The second-order valence-corrected chi connectivity index (χ2v) is 3.19. The number of aryl methyl sites for hydroxylation is 3. The van der Waals surface area contributed by atoms with Crippen molar-refractivity contribution in [3.8, 4) is 0 Å². The number of hydrogen-bond acceptors (Lipinski definition) is 1. The van der Waals surface area contributed by atoms with E-state index in [9.17, 15) is 0 Å². The first-order valence-electron chi connectivity index (χ1n) is 4.39. The van der Waals surface area contributed by atoms with Gasteiger partial charge in [0.15, 0.2) is 6.61 Å². The normalized spacial score (nSPS) is 9.77. The molecule has 2 nitrogen and oxygen atoms in total. The van der Waals surface area contributed by atoms with Crippen LogP contribution in [-0.2, 0) is 0 Å². The number of aromatic nitrogens is 1. The summed E-state index contributed by atoms with van der Waals surface area (Å²) in [7, 11) is 0. The van der Waals surface area contributed by atoms with Gasteiger partial charge in [-0.05, 0) is 18.6 Å². The van der Waals surface area contributed by atoms with E-state index in [4.69, 9.17) is 4.84 Å². The van der Waals surface area contributed by atoms with E-state index in [1.54, 1.807) is 6.08 Å². The molecule has 0 aliphatic heterocycles. The predicted molar refractivity (Wildman–Crippen MR) is 52.5 cm³/mol. The second kappa shape index (κ2) is 4.08. The molecule has 2 heteroatoms. The lowest BCUT2D eigenvalue weighted by molar-refractivity contribution is -0.897. The molecule has 0 fully saturated rings. The lowest BCUT2D eigenvalue weighted by Gasteiger charge is -2.02. The lowest BCUT2D eigenvalue weighted by Crippen LogP contribution is -2.48. The molecule has 1 heterocycles. The summed E-state index contributed by atoms with van der Waals surface area (Å²) in [6.07, 6.45) is 1.74. The summed E-state index contributed by atoms with van der Waals surface area (Å²) >= 11 is 0. The van der Waals surface area contributed by atoms with E-state index >= 15 is 0 Å². The lowest BCUT2D eigenvalue weighted by atomic mass is 10.2. The van der Waals surface area contributed by atoms with Crippen LogP contribution in [0.15, 0.2) is 24.8 Å². The number of pyridine rings is 1. The van der Waals surface area contributed by atoms with Gasteiger partial charge in [0.2, 0.25) is 11.4 Å². The van der Waals surface area contributed by atoms with Crippen molar-refractivity contribution in [2.24, 2.45) is 0 Å². The Kier molecular flexibility index (Phi) is 3.07. The molecule has 1 aromatic rings. The van der Waals surface area contributed by atoms with Crippen molar-refractivity contribution in [3.63, 3.8) is 0 Å². The smallest absolute Gasteiger partial charge is 0.231 e. The third kappa shape index (κ3) is 2.31. The molecule has 0 saturated heterocycles. The van der Waals surface area contributed by atoms with Gasteiger partial charge in [-0.3, -0.25) is 4.84 Å². The molecule has 0 bridgehead atoms. The molecule has 1 rings (SSSR count). The predicted octanol–water partition coefficient (Wildman–Crippen LogP) is 1.51. The Labute approximate surface area is 79.4 Å². The van der Waals surface area contributed by atoms with E-state index < -0.39 is 0 Å². The Balaban J connectivity index is 2.98. The van der Waals surface area contributed by atoms with Crippen LogP contribution in [0.25, 0.3) is 0 Å². The minimum absolute atomic E-state index is 0.537. The zero-order chi connectivity index (χ0) is 9.84. The number of rotatable bonds is 3. The van der Waals surface area contributed by atoms with Gasteiger partial charge < -0.3 is 0 Å². The molecule has 0 amide bonds. The first kappa shape index (κ1) is 9.78. The summed E-state index contributed by atoms with van der Waals surface area (Å²) in [6.45, 7) is 10.3. The summed E-state index contributed by atoms with van der Waals surface area (Å²) in [6, 6.07) is 4.19. The van der Waals surface area contributed by atoms with E-state index in [2.05, 4.69) is 25.6 Å². The van der Waals surface area contributed by atoms with Crippen LogP contribution in [0.1, 0.15) is 17.0 Å². The van der Waals surface area contributed by atoms with Crippen LogP contribution in [0.3, 0.4) is 0 Å². The van der Waals surface area contributed by atoms with Gasteiger partial charge in [-0.1, -0.05) is 6.58 Å². The summed E-state index contributed by atoms with van der Waals surface area (Å²) in [5, 5.41) is 0. The Morgan fingerprint density at radius 3 is 2.31 bits per heavy atom. The maximum absolute atomic E-state index is 5.47. The molecule has 0 atom stereocenters. The number of hydrogen-bond donors (Lipinski definition) is 0. The molecule has 0 saturated carbocycles. The molecule has 0 aromatic carbocycles. The standard InChI is InChI=1S/C11H16NO/c1-5-6-13-12-10(3)7-9(2)8-11(12)4/h5,7-8H,1,6H2,2-4H3/q+1. The zero-order valence-electron chi connectivity index (χ0n) is 8.50. The highest BCUT2D eigenvalue weighted by atomic mass is 16.7. The van der Waals surface area contributed by atoms with E-state index in [1.807, 2.05) is 18.6 Å². The van der Waals surface area contributed by atoms with Crippen LogP contribution in [-0.4, -0.2) is 6.61 Å². The topological polar surface area (TPSA) is 13.1 Å². The van der Waals surface area contributed by atoms with Gasteiger partial charge in [-0.15, -0.1) is 0 Å². The van der Waals surface area contributed by atoms with Crippen molar-refractivity contribution >= 4 is 0 Å². The van der Waals surface area contributed by atoms with Gasteiger partial charge in [0.05, 0.1) is 0 Å². The van der Waals surface area contributed by atoms with Crippen molar-refractivity contribution in [1.82, 2.24) is 0 Å². The fraction of sp³-hybridized carbons (Fsp3) is 0.364. The minimum Gasteiger partial charge on any atom is -0.267 e. The van der Waals surface area contributed by atoms with Crippen LogP contribution in [0.2, 0.25) is 0 Å². The van der Waals surface area contributed by atoms with Crippen LogP contribution in [0.5, 0.6) is 0 Å². The molecular formula is C11H16NO+. The SMILES string of the molecule is C=CCO[n+]1c(C)cc(C)cc1C. The van der Waals surface area contributed by atoms with Gasteiger partial charge in [0.1, 0.15) is 0 Å². The highest BCUT2D eigenvalue weighted by Crippen LogP contribution is 2.00. The van der Waals surface area contributed by atoms with Crippen LogP contribution < -0.4 is 9.57 Å². The second-order valence-electron chi connectivity index (χ2n) is 3.19. The largest absolute Gasteiger partial charge is 0.267 e. The maximum Gasteiger partial charge on any atom is 0.231 e. The third-order valence-corrected chi connectivity index (χ3v) is 1.84. The van der Waals surface area contributed by atoms with Crippen molar-refractivity contribution in [2.45, 2.75) is 20.8 Å². The third-order valence-electron chi connectivity index (χ3n) is 1.84. The Bertz CT molecular complexity index is 295. The molecule has 70 valence electrons. The van der Waals surface area contributed by atoms with Gasteiger partial charge in [0.25, 0.3) is 0 Å². The summed E-state index contributed by atoms with van der Waals surface area (Å²) in [5.41, 5.74) is 3.48. The van der Waals surface area contributed by atoms with E-state index in [1.165, 1.54) is 5.56 Å². The van der Waals surface area contributed by atoms with Crippen LogP contribution >= 0.6 is 0 Å². The van der Waals surface area contributed by atoms with E-state index in [-0.39, 0.29) is 0 Å². The molecule has 1 aromatic heterocycles. The summed E-state index contributed by atoms with van der Waals surface area (Å²) in [4.78, 5) is 5.47. The van der Waals surface area contributed by atoms with Gasteiger partial charge in [0, 0.05) is 30.7 Å². The monoisotopic (exact) mass is 178 g/mol. The molecule has 0 aliphatic rings. The average molecular weight is 178 g/mol. The first-order chi connectivity index (χ1) is 6.15. The summed E-state index contributed by atoms with van der Waals surface area (Å²) < 4.78 is 1.83. The van der Waals surface area contributed by atoms with Crippen molar-refractivity contribution in [1.29, 1.82) is 0 Å². The Morgan fingerprint density at radius 1 is 1.31 bits per heavy atom. The molecule has 0 N–H and O–H groups in total. The van der Waals surface area contributed by atoms with Gasteiger partial charge >= 0.3 is 0 Å². The molecule has 0 unspecified atom stereocenters. The maximum atomic E-state index is 5.47. The molecule has 0 aliphatic carbocycles. The van der Waals surface area contributed by atoms with Crippen LogP contribution in [0, 0.1) is 20.8 Å². The average Bonchev–Trinajstić information content (AvgIpc) is 2.02. The van der Waals surface area contributed by atoms with E-state index in [0.717, 1.165) is 11.4 Å². The quantitative estimate of drug-likeness (QED) is 0.505. The fourth-order valence-electron chi connectivity index (χ4n) is 1.43. The fourth-order valence-corrected chi connectivity index (χ4v) is 1.43. The molecule has 0 radical (unpaired) electrons. The van der Waals surface area contributed by atoms with Crippen molar-refractivity contribution < 1.29 is 9.57 Å². The zero-order valence-corrected chi connectivity index (χ0v) is 8.50. The van der Waals surface area contributed by atoms with Crippen molar-refractivity contribution in [3.05, 3.63) is 41.7 Å². The Hall–Kier alpha value is -1.31. The molecular weight excluding hydrogens is 162 g/mol. The number of nitrogens with zero attached hydrogens (tertiary/aromatic N) is 1. The highest BCUT2D eigenvalue weighted by Gasteiger charge is 2.12. The molecule has 13 heavy (non-hydrogen) atoms. The van der Waals surface area contributed by atoms with Gasteiger partial charge in [-0.2, -0.15) is 0 Å². The van der Waals surface area contributed by atoms with Gasteiger partial charge in [-0.25, -0.2) is 0 Å². The van der Waals surface area contributed by atoms with E-state index in [0.29, 0.717) is 6.61 Å². The first-order valence-corrected chi connectivity index (χ1v) is 4.39. The minimum atomic E-state index is 0.537.